The average Bonchev–Trinajstić information content (AvgIpc) is 3.17. The molecule has 0 saturated carbocycles. The number of nitrogens with two attached hydrogens (primary N) is 1. The molecule has 0 unspecified atom stereocenters. The van der Waals surface area contributed by atoms with Crippen molar-refractivity contribution >= 4 is 10.2 Å². The van der Waals surface area contributed by atoms with Crippen LogP contribution in [-0.4, -0.2) is 35.4 Å². The van der Waals surface area contributed by atoms with Crippen LogP contribution in [0.1, 0.15) is 29.8 Å². The monoisotopic (exact) mass is 396 g/mol. The van der Waals surface area contributed by atoms with Crippen molar-refractivity contribution in [2.75, 3.05) is 13.1 Å². The number of imidazole rings is 1. The lowest BCUT2D eigenvalue weighted by Crippen LogP contribution is -2.48. The third kappa shape index (κ3) is 3.61. The maximum absolute atomic E-state index is 11.8. The Bertz CT molecular complexity index is 1020. The highest BCUT2D eigenvalue weighted by atomic mass is 32.2. The standard InChI is InChI=1S/C21H24N4O2S/c22-28(26,27)25-14-11-21(12-15-25,19-9-5-2-6-10-19)20-23-13-16-24(20)17-18-7-3-1-4-8-18/h1-10,13,16H,11-12,14-15,17H2,(H2,22,26,27). The van der Waals surface area contributed by atoms with Crippen LogP contribution in [0, 0.1) is 0 Å². The van der Waals surface area contributed by atoms with Gasteiger partial charge in [-0.2, -0.15) is 12.7 Å². The van der Waals surface area contributed by atoms with Crippen molar-refractivity contribution in [3.05, 3.63) is 90.0 Å². The normalized spacial score (nSPS) is 17.5. The maximum Gasteiger partial charge on any atom is 0.276 e. The molecular formula is C21H24N4O2S. The van der Waals surface area contributed by atoms with E-state index in [0.29, 0.717) is 25.9 Å². The smallest absolute Gasteiger partial charge is 0.276 e. The van der Waals surface area contributed by atoms with Crippen molar-refractivity contribution < 1.29 is 8.42 Å². The van der Waals surface area contributed by atoms with Gasteiger partial charge in [-0.05, 0) is 24.0 Å². The van der Waals surface area contributed by atoms with Crippen LogP contribution in [-0.2, 0) is 22.2 Å². The zero-order valence-electron chi connectivity index (χ0n) is 15.6. The van der Waals surface area contributed by atoms with Crippen LogP contribution in [0.2, 0.25) is 0 Å². The molecule has 0 amide bonds. The van der Waals surface area contributed by atoms with E-state index in [1.165, 1.54) is 9.87 Å². The summed E-state index contributed by atoms with van der Waals surface area (Å²) in [6, 6.07) is 20.5. The number of nitrogens with zero attached hydrogens (tertiary/aromatic N) is 3. The Morgan fingerprint density at radius 2 is 1.57 bits per heavy atom. The molecule has 28 heavy (non-hydrogen) atoms. The summed E-state index contributed by atoms with van der Waals surface area (Å²) in [4.78, 5) is 4.74. The number of hydrogen-bond acceptors (Lipinski definition) is 3. The van der Waals surface area contributed by atoms with Crippen LogP contribution in [0.5, 0.6) is 0 Å². The van der Waals surface area contributed by atoms with Gasteiger partial charge in [0.2, 0.25) is 0 Å². The Hall–Kier alpha value is -2.48. The molecule has 1 fully saturated rings. The van der Waals surface area contributed by atoms with Gasteiger partial charge in [-0.15, -0.1) is 0 Å². The first-order chi connectivity index (χ1) is 13.5. The van der Waals surface area contributed by atoms with Gasteiger partial charge in [0, 0.05) is 32.0 Å². The number of benzene rings is 2. The molecule has 1 saturated heterocycles. The molecule has 0 spiro atoms. The lowest BCUT2D eigenvalue weighted by Gasteiger charge is -2.41. The van der Waals surface area contributed by atoms with Crippen molar-refractivity contribution in [1.82, 2.24) is 13.9 Å². The second-order valence-corrected chi connectivity index (χ2v) is 8.80. The molecule has 6 nitrogen and oxygen atoms in total. The van der Waals surface area contributed by atoms with Gasteiger partial charge in [-0.3, -0.25) is 0 Å². The molecule has 2 N–H and O–H groups in total. The second-order valence-electron chi connectivity index (χ2n) is 7.26. The van der Waals surface area contributed by atoms with Gasteiger partial charge >= 0.3 is 0 Å². The predicted molar refractivity (Wildman–Crippen MR) is 109 cm³/mol. The van der Waals surface area contributed by atoms with Gasteiger partial charge in [0.1, 0.15) is 5.82 Å². The minimum atomic E-state index is -3.68. The Labute approximate surface area is 165 Å². The first kappa shape index (κ1) is 18.9. The molecule has 4 rings (SSSR count). The summed E-state index contributed by atoms with van der Waals surface area (Å²) in [5.41, 5.74) is 2.01. The van der Waals surface area contributed by atoms with Crippen molar-refractivity contribution in [3.8, 4) is 0 Å². The molecule has 1 aliphatic heterocycles. The van der Waals surface area contributed by atoms with E-state index < -0.39 is 10.2 Å². The van der Waals surface area contributed by atoms with Crippen LogP contribution in [0.3, 0.4) is 0 Å². The Kier molecular flexibility index (Phi) is 5.05. The van der Waals surface area contributed by atoms with Gasteiger partial charge in [-0.25, -0.2) is 10.1 Å². The molecule has 0 radical (unpaired) electrons. The first-order valence-electron chi connectivity index (χ1n) is 9.38. The first-order valence-corrected chi connectivity index (χ1v) is 10.9. The highest BCUT2D eigenvalue weighted by Gasteiger charge is 2.42. The van der Waals surface area contributed by atoms with E-state index in [1.807, 2.05) is 48.8 Å². The van der Waals surface area contributed by atoms with Gasteiger partial charge in [-0.1, -0.05) is 60.7 Å². The molecule has 1 aromatic heterocycles. The number of aromatic nitrogens is 2. The molecule has 0 atom stereocenters. The molecule has 146 valence electrons. The largest absolute Gasteiger partial charge is 0.330 e. The topological polar surface area (TPSA) is 81.2 Å². The summed E-state index contributed by atoms with van der Waals surface area (Å²) < 4.78 is 27.2. The summed E-state index contributed by atoms with van der Waals surface area (Å²) >= 11 is 0. The molecule has 7 heteroatoms. The second kappa shape index (κ2) is 7.50. The zero-order chi connectivity index (χ0) is 19.6. The third-order valence-corrected chi connectivity index (χ3v) is 6.69. The predicted octanol–water partition coefficient (Wildman–Crippen LogP) is 2.52. The quantitative estimate of drug-likeness (QED) is 0.719. The Balaban J connectivity index is 1.74. The van der Waals surface area contributed by atoms with Crippen molar-refractivity contribution in [1.29, 1.82) is 0 Å². The van der Waals surface area contributed by atoms with Crippen molar-refractivity contribution in [3.63, 3.8) is 0 Å². The van der Waals surface area contributed by atoms with Crippen LogP contribution >= 0.6 is 0 Å². The van der Waals surface area contributed by atoms with E-state index in [0.717, 1.165) is 17.9 Å². The zero-order valence-corrected chi connectivity index (χ0v) is 16.4. The van der Waals surface area contributed by atoms with Gasteiger partial charge < -0.3 is 4.57 Å². The fourth-order valence-electron chi connectivity index (χ4n) is 4.16. The minimum absolute atomic E-state index is 0.346. The lowest BCUT2D eigenvalue weighted by atomic mass is 9.72. The van der Waals surface area contributed by atoms with E-state index >= 15 is 0 Å². The molecule has 1 aliphatic rings. The SMILES string of the molecule is NS(=O)(=O)N1CCC(c2ccccc2)(c2nccn2Cc2ccccc2)CC1. The summed E-state index contributed by atoms with van der Waals surface area (Å²) in [6.45, 7) is 1.49. The average molecular weight is 397 g/mol. The van der Waals surface area contributed by atoms with Crippen LogP contribution < -0.4 is 5.14 Å². The molecular weight excluding hydrogens is 372 g/mol. The van der Waals surface area contributed by atoms with Crippen LogP contribution in [0.15, 0.2) is 73.1 Å². The van der Waals surface area contributed by atoms with Crippen molar-refractivity contribution in [2.45, 2.75) is 24.8 Å². The fraction of sp³-hybridized carbons (Fsp3) is 0.286. The molecule has 2 aromatic carbocycles. The lowest BCUT2D eigenvalue weighted by molar-refractivity contribution is 0.252. The van der Waals surface area contributed by atoms with E-state index in [-0.39, 0.29) is 5.41 Å². The van der Waals surface area contributed by atoms with Crippen LogP contribution in [0.4, 0.5) is 0 Å². The molecule has 0 aliphatic carbocycles. The molecule has 3 aromatic rings. The Morgan fingerprint density at radius 3 is 2.18 bits per heavy atom. The number of piperidine rings is 1. The number of hydrogen-bond donors (Lipinski definition) is 1. The minimum Gasteiger partial charge on any atom is -0.330 e. The van der Waals surface area contributed by atoms with Gasteiger partial charge in [0.05, 0.1) is 5.41 Å². The van der Waals surface area contributed by atoms with E-state index in [1.54, 1.807) is 0 Å². The summed E-state index contributed by atoms with van der Waals surface area (Å²) in [5.74, 6) is 0.969. The highest BCUT2D eigenvalue weighted by molar-refractivity contribution is 7.86. The van der Waals surface area contributed by atoms with E-state index in [2.05, 4.69) is 28.8 Å². The highest BCUT2D eigenvalue weighted by Crippen LogP contribution is 2.41. The van der Waals surface area contributed by atoms with Crippen molar-refractivity contribution in [2.24, 2.45) is 5.14 Å². The van der Waals surface area contributed by atoms with Crippen LogP contribution in [0.25, 0.3) is 0 Å². The fourth-order valence-corrected chi connectivity index (χ4v) is 4.85. The Morgan fingerprint density at radius 1 is 0.964 bits per heavy atom. The maximum atomic E-state index is 11.8. The number of rotatable bonds is 5. The summed E-state index contributed by atoms with van der Waals surface area (Å²) in [6.07, 6.45) is 5.10. The third-order valence-electron chi connectivity index (χ3n) is 5.60. The molecule has 0 bridgehead atoms. The summed E-state index contributed by atoms with van der Waals surface area (Å²) in [5, 5.41) is 5.37. The van der Waals surface area contributed by atoms with E-state index in [4.69, 9.17) is 10.1 Å². The van der Waals surface area contributed by atoms with E-state index in [9.17, 15) is 8.42 Å². The van der Waals surface area contributed by atoms with Gasteiger partial charge in [0.25, 0.3) is 10.2 Å². The van der Waals surface area contributed by atoms with Gasteiger partial charge in [0.15, 0.2) is 0 Å². The summed E-state index contributed by atoms with van der Waals surface area (Å²) in [7, 11) is -3.68. The molecule has 2 heterocycles.